The molecule has 3 heterocycles. The van der Waals surface area contributed by atoms with Gasteiger partial charge in [0.1, 0.15) is 10.8 Å². The van der Waals surface area contributed by atoms with Gasteiger partial charge in [-0.1, -0.05) is 30.0 Å². The summed E-state index contributed by atoms with van der Waals surface area (Å²) in [5, 5.41) is 12.9. The minimum absolute atomic E-state index is 0.124. The third-order valence-corrected chi connectivity index (χ3v) is 4.92. The quantitative estimate of drug-likeness (QED) is 0.660. The summed E-state index contributed by atoms with van der Waals surface area (Å²) in [5.41, 5.74) is 0. The molecule has 0 unspecified atom stereocenters. The number of carbonyl (C=O) groups is 1. The van der Waals surface area contributed by atoms with E-state index in [0.29, 0.717) is 11.7 Å². The third-order valence-electron chi connectivity index (χ3n) is 2.93. The van der Waals surface area contributed by atoms with Crippen molar-refractivity contribution in [3.8, 4) is 0 Å². The monoisotopic (exact) mass is 349 g/mol. The van der Waals surface area contributed by atoms with E-state index in [4.69, 9.17) is 4.42 Å². The van der Waals surface area contributed by atoms with Crippen LogP contribution in [0.1, 0.15) is 17.7 Å². The summed E-state index contributed by atoms with van der Waals surface area (Å²) in [6.07, 6.45) is 6.02. The van der Waals surface area contributed by atoms with E-state index in [1.54, 1.807) is 12.5 Å². The van der Waals surface area contributed by atoms with Crippen LogP contribution in [0.15, 0.2) is 40.4 Å². The Morgan fingerprint density at radius 3 is 3.13 bits per heavy atom. The Labute approximate surface area is 141 Å². The lowest BCUT2D eigenvalue weighted by atomic mass is 10.4. The second kappa shape index (κ2) is 7.42. The zero-order valence-electron chi connectivity index (χ0n) is 12.4. The molecule has 120 valence electrons. The van der Waals surface area contributed by atoms with Gasteiger partial charge in [0, 0.05) is 12.4 Å². The van der Waals surface area contributed by atoms with E-state index < -0.39 is 0 Å². The first-order valence-corrected chi connectivity index (χ1v) is 8.83. The van der Waals surface area contributed by atoms with E-state index in [0.717, 1.165) is 22.3 Å². The second-order valence-corrected chi connectivity index (χ2v) is 6.61. The van der Waals surface area contributed by atoms with Gasteiger partial charge >= 0.3 is 0 Å². The Hall–Kier alpha value is -2.13. The minimum Gasteiger partial charge on any atom is -0.467 e. The maximum atomic E-state index is 12.0. The van der Waals surface area contributed by atoms with Gasteiger partial charge < -0.3 is 8.98 Å². The summed E-state index contributed by atoms with van der Waals surface area (Å²) in [7, 11) is 0. The molecule has 1 N–H and O–H groups in total. The van der Waals surface area contributed by atoms with E-state index in [9.17, 15) is 4.79 Å². The number of anilines is 1. The molecule has 0 radical (unpaired) electrons. The van der Waals surface area contributed by atoms with Crippen molar-refractivity contribution in [2.45, 2.75) is 25.0 Å². The average molecular weight is 349 g/mol. The fourth-order valence-corrected chi connectivity index (χ4v) is 3.31. The number of aryl methyl sites for hydroxylation is 1. The van der Waals surface area contributed by atoms with Crippen LogP contribution in [-0.4, -0.2) is 31.4 Å². The van der Waals surface area contributed by atoms with Gasteiger partial charge in [0.15, 0.2) is 5.16 Å². The number of nitrogens with zero attached hydrogens (tertiary/aromatic N) is 4. The molecule has 7 nitrogen and oxygen atoms in total. The molecule has 3 aromatic heterocycles. The molecule has 1 amide bonds. The molecule has 0 aliphatic rings. The molecule has 0 saturated carbocycles. The SMILES string of the molecule is CCc1nnc(NC(=O)CSc2nccn2Cc2ccco2)s1. The van der Waals surface area contributed by atoms with Crippen LogP contribution in [-0.2, 0) is 17.8 Å². The largest absolute Gasteiger partial charge is 0.467 e. The molecule has 9 heteroatoms. The maximum absolute atomic E-state index is 12.0. The molecule has 0 spiro atoms. The van der Waals surface area contributed by atoms with Crippen molar-refractivity contribution >= 4 is 34.1 Å². The molecule has 0 bridgehead atoms. The fourth-order valence-electron chi connectivity index (χ4n) is 1.86. The van der Waals surface area contributed by atoms with Crippen LogP contribution >= 0.6 is 23.1 Å². The van der Waals surface area contributed by atoms with Crippen molar-refractivity contribution in [1.29, 1.82) is 0 Å². The first kappa shape index (κ1) is 15.8. The highest BCUT2D eigenvalue weighted by Gasteiger charge is 2.11. The van der Waals surface area contributed by atoms with E-state index in [2.05, 4.69) is 20.5 Å². The summed E-state index contributed by atoms with van der Waals surface area (Å²) in [4.78, 5) is 16.3. The molecule has 0 atom stereocenters. The predicted molar refractivity (Wildman–Crippen MR) is 88.7 cm³/mol. The zero-order chi connectivity index (χ0) is 16.1. The number of imidazole rings is 1. The van der Waals surface area contributed by atoms with Gasteiger partial charge in [0.25, 0.3) is 0 Å². The summed E-state index contributed by atoms with van der Waals surface area (Å²) in [5.74, 6) is 0.979. The van der Waals surface area contributed by atoms with Gasteiger partial charge in [0.05, 0.1) is 18.6 Å². The number of furan rings is 1. The molecule has 0 aliphatic carbocycles. The van der Waals surface area contributed by atoms with E-state index in [-0.39, 0.29) is 11.7 Å². The van der Waals surface area contributed by atoms with Gasteiger partial charge in [-0.3, -0.25) is 10.1 Å². The summed E-state index contributed by atoms with van der Waals surface area (Å²) in [6.45, 7) is 2.59. The lowest BCUT2D eigenvalue weighted by Gasteiger charge is -2.05. The lowest BCUT2D eigenvalue weighted by Crippen LogP contribution is -2.14. The Morgan fingerprint density at radius 2 is 2.39 bits per heavy atom. The number of carbonyl (C=O) groups excluding carboxylic acids is 1. The lowest BCUT2D eigenvalue weighted by molar-refractivity contribution is -0.113. The number of aromatic nitrogens is 4. The first-order valence-electron chi connectivity index (χ1n) is 7.03. The van der Waals surface area contributed by atoms with E-state index >= 15 is 0 Å². The van der Waals surface area contributed by atoms with Crippen LogP contribution in [0, 0.1) is 0 Å². The molecular formula is C14H15N5O2S2. The highest BCUT2D eigenvalue weighted by atomic mass is 32.2. The third kappa shape index (κ3) is 4.20. The highest BCUT2D eigenvalue weighted by molar-refractivity contribution is 7.99. The van der Waals surface area contributed by atoms with Crippen LogP contribution in [0.4, 0.5) is 5.13 Å². The van der Waals surface area contributed by atoms with Crippen molar-refractivity contribution in [2.75, 3.05) is 11.1 Å². The zero-order valence-corrected chi connectivity index (χ0v) is 14.1. The second-order valence-electron chi connectivity index (χ2n) is 4.61. The Kier molecular flexibility index (Phi) is 5.09. The van der Waals surface area contributed by atoms with Crippen molar-refractivity contribution in [1.82, 2.24) is 19.7 Å². The minimum atomic E-state index is -0.124. The van der Waals surface area contributed by atoms with Crippen LogP contribution in [0.25, 0.3) is 0 Å². The normalized spacial score (nSPS) is 10.8. The van der Waals surface area contributed by atoms with Crippen LogP contribution < -0.4 is 5.32 Å². The molecule has 0 aliphatic heterocycles. The molecule has 23 heavy (non-hydrogen) atoms. The van der Waals surface area contributed by atoms with Crippen LogP contribution in [0.2, 0.25) is 0 Å². The standard InChI is InChI=1S/C14H15N5O2S2/c1-2-12-17-18-13(23-12)16-11(20)9-22-14-15-5-6-19(14)8-10-4-3-7-21-10/h3-7H,2,8-9H2,1H3,(H,16,18,20). The van der Waals surface area contributed by atoms with Gasteiger partial charge in [-0.25, -0.2) is 4.98 Å². The summed E-state index contributed by atoms with van der Waals surface area (Å²) < 4.78 is 7.27. The number of thioether (sulfide) groups is 1. The highest BCUT2D eigenvalue weighted by Crippen LogP contribution is 2.19. The Balaban J connectivity index is 1.54. The van der Waals surface area contributed by atoms with Gasteiger partial charge in [-0.15, -0.1) is 10.2 Å². The molecule has 3 rings (SSSR count). The Morgan fingerprint density at radius 1 is 1.48 bits per heavy atom. The fraction of sp³-hybridized carbons (Fsp3) is 0.286. The van der Waals surface area contributed by atoms with Crippen molar-refractivity contribution < 1.29 is 9.21 Å². The number of nitrogens with one attached hydrogen (secondary N) is 1. The number of hydrogen-bond donors (Lipinski definition) is 1. The first-order chi connectivity index (χ1) is 11.2. The number of amides is 1. The van der Waals surface area contributed by atoms with Crippen LogP contribution in [0.5, 0.6) is 0 Å². The number of hydrogen-bond acceptors (Lipinski definition) is 7. The van der Waals surface area contributed by atoms with Crippen molar-refractivity contribution in [3.63, 3.8) is 0 Å². The predicted octanol–water partition coefficient (Wildman–Crippen LogP) is 2.67. The van der Waals surface area contributed by atoms with Gasteiger partial charge in [-0.2, -0.15) is 0 Å². The van der Waals surface area contributed by atoms with E-state index in [1.165, 1.54) is 23.1 Å². The molecular weight excluding hydrogens is 334 g/mol. The maximum Gasteiger partial charge on any atom is 0.236 e. The Bertz CT molecular complexity index is 766. The topological polar surface area (TPSA) is 85.8 Å². The molecule has 0 saturated heterocycles. The van der Waals surface area contributed by atoms with E-state index in [1.807, 2.05) is 29.8 Å². The average Bonchev–Trinajstić information content (AvgIpc) is 3.28. The molecule has 3 aromatic rings. The molecule has 0 aromatic carbocycles. The van der Waals surface area contributed by atoms with Gasteiger partial charge in [-0.05, 0) is 18.6 Å². The van der Waals surface area contributed by atoms with Crippen LogP contribution in [0.3, 0.4) is 0 Å². The molecule has 0 fully saturated rings. The van der Waals surface area contributed by atoms with Crippen molar-refractivity contribution in [3.05, 3.63) is 41.6 Å². The summed E-state index contributed by atoms with van der Waals surface area (Å²) >= 11 is 2.76. The number of rotatable bonds is 7. The summed E-state index contributed by atoms with van der Waals surface area (Å²) in [6, 6.07) is 3.75. The van der Waals surface area contributed by atoms with Gasteiger partial charge in [0.2, 0.25) is 11.0 Å². The smallest absolute Gasteiger partial charge is 0.236 e. The van der Waals surface area contributed by atoms with Crippen molar-refractivity contribution in [2.24, 2.45) is 0 Å².